The predicted molar refractivity (Wildman–Crippen MR) is 39.3 cm³/mol. The molecule has 1 saturated heterocycles. The highest BCUT2D eigenvalue weighted by molar-refractivity contribution is 4.81. The Kier molecular flexibility index (Phi) is 2.58. The molecular weight excluding hydrogens is 112 g/mol. The number of piperazine rings is 1. The van der Waals surface area contributed by atoms with E-state index in [-0.39, 0.29) is 0 Å². The minimum atomic E-state index is 1.13. The Balaban J connectivity index is 2.23. The van der Waals surface area contributed by atoms with Crippen molar-refractivity contribution in [1.29, 1.82) is 0 Å². The fourth-order valence-electron chi connectivity index (χ4n) is 1.04. The van der Waals surface area contributed by atoms with E-state index in [4.69, 9.17) is 0 Å². The van der Waals surface area contributed by atoms with E-state index in [0.29, 0.717) is 0 Å². The van der Waals surface area contributed by atoms with Crippen LogP contribution >= 0.6 is 0 Å². The van der Waals surface area contributed by atoms with Gasteiger partial charge in [-0.05, 0) is 13.1 Å². The summed E-state index contributed by atoms with van der Waals surface area (Å²) >= 11 is 0. The lowest BCUT2D eigenvalue weighted by atomic mass is 10.4. The molecule has 0 bridgehead atoms. The second-order valence-electron chi connectivity index (χ2n) is 2.27. The maximum Gasteiger partial charge on any atom is 0.0298 e. The van der Waals surface area contributed by atoms with Crippen LogP contribution in [0.25, 0.3) is 0 Å². The molecule has 1 aliphatic heterocycles. The highest BCUT2D eigenvalue weighted by Crippen LogP contribution is 1.91. The molecule has 0 unspecified atom stereocenters. The van der Waals surface area contributed by atoms with E-state index >= 15 is 0 Å². The van der Waals surface area contributed by atoms with Crippen LogP contribution in [0.2, 0.25) is 0 Å². The Morgan fingerprint density at radius 2 is 2.00 bits per heavy atom. The molecule has 0 radical (unpaired) electrons. The van der Waals surface area contributed by atoms with Gasteiger partial charge < -0.3 is 10.2 Å². The molecule has 1 rings (SSSR count). The average molecular weight is 126 g/mol. The number of nitrogens with one attached hydrogen (secondary N) is 1. The third kappa shape index (κ3) is 2.06. The van der Waals surface area contributed by atoms with Crippen LogP contribution in [0.1, 0.15) is 6.92 Å². The van der Waals surface area contributed by atoms with E-state index in [9.17, 15) is 0 Å². The van der Waals surface area contributed by atoms with Gasteiger partial charge in [0.1, 0.15) is 0 Å². The molecule has 2 heteroatoms. The molecule has 1 heterocycles. The SMILES string of the molecule is C/C=C/N1CCNCC1. The van der Waals surface area contributed by atoms with Gasteiger partial charge in [0, 0.05) is 26.2 Å². The third-order valence-corrected chi connectivity index (χ3v) is 1.51. The van der Waals surface area contributed by atoms with Crippen LogP contribution in [0.15, 0.2) is 12.3 Å². The highest BCUT2D eigenvalue weighted by atomic mass is 15.2. The van der Waals surface area contributed by atoms with Crippen LogP contribution < -0.4 is 5.32 Å². The minimum Gasteiger partial charge on any atom is -0.375 e. The lowest BCUT2D eigenvalue weighted by Crippen LogP contribution is -2.40. The molecule has 0 aromatic rings. The van der Waals surface area contributed by atoms with Crippen molar-refractivity contribution in [2.24, 2.45) is 0 Å². The van der Waals surface area contributed by atoms with Gasteiger partial charge in [0.15, 0.2) is 0 Å². The summed E-state index contributed by atoms with van der Waals surface area (Å²) in [7, 11) is 0. The van der Waals surface area contributed by atoms with Gasteiger partial charge in [-0.2, -0.15) is 0 Å². The Bertz CT molecular complexity index is 93.1. The Morgan fingerprint density at radius 1 is 1.33 bits per heavy atom. The molecule has 1 fully saturated rings. The van der Waals surface area contributed by atoms with Gasteiger partial charge in [-0.15, -0.1) is 0 Å². The summed E-state index contributed by atoms with van der Waals surface area (Å²) in [6.07, 6.45) is 4.24. The van der Waals surface area contributed by atoms with Crippen molar-refractivity contribution in [3.63, 3.8) is 0 Å². The standard InChI is InChI=1S/C7H14N2/c1-2-5-9-6-3-8-4-7-9/h2,5,8H,3-4,6-7H2,1H3/b5-2+. The van der Waals surface area contributed by atoms with Crippen molar-refractivity contribution < 1.29 is 0 Å². The van der Waals surface area contributed by atoms with Gasteiger partial charge in [0.2, 0.25) is 0 Å². The summed E-state index contributed by atoms with van der Waals surface area (Å²) in [5.74, 6) is 0. The molecule has 52 valence electrons. The molecule has 1 N–H and O–H groups in total. The molecule has 9 heavy (non-hydrogen) atoms. The second-order valence-corrected chi connectivity index (χ2v) is 2.27. The zero-order valence-corrected chi connectivity index (χ0v) is 5.93. The van der Waals surface area contributed by atoms with Crippen LogP contribution in [-0.4, -0.2) is 31.1 Å². The topological polar surface area (TPSA) is 15.3 Å². The van der Waals surface area contributed by atoms with E-state index in [1.54, 1.807) is 0 Å². The monoisotopic (exact) mass is 126 g/mol. The first-order chi connectivity index (χ1) is 4.43. The van der Waals surface area contributed by atoms with Crippen LogP contribution in [0.3, 0.4) is 0 Å². The summed E-state index contributed by atoms with van der Waals surface area (Å²) in [5, 5.41) is 3.30. The molecule has 0 spiro atoms. The first-order valence-corrected chi connectivity index (χ1v) is 3.51. The lowest BCUT2D eigenvalue weighted by molar-refractivity contribution is 0.324. The van der Waals surface area contributed by atoms with Gasteiger partial charge in [0.25, 0.3) is 0 Å². The van der Waals surface area contributed by atoms with Gasteiger partial charge >= 0.3 is 0 Å². The number of hydrogen-bond acceptors (Lipinski definition) is 2. The van der Waals surface area contributed by atoms with Crippen molar-refractivity contribution in [2.75, 3.05) is 26.2 Å². The molecule has 2 nitrogen and oxygen atoms in total. The van der Waals surface area contributed by atoms with Crippen molar-refractivity contribution in [1.82, 2.24) is 10.2 Å². The van der Waals surface area contributed by atoms with Gasteiger partial charge in [0.05, 0.1) is 0 Å². The third-order valence-electron chi connectivity index (χ3n) is 1.51. The largest absolute Gasteiger partial charge is 0.375 e. The molecular formula is C7H14N2. The van der Waals surface area contributed by atoms with E-state index in [0.717, 1.165) is 26.2 Å². The Hall–Kier alpha value is -0.500. The average Bonchev–Trinajstić information content (AvgIpc) is 1.91. The van der Waals surface area contributed by atoms with E-state index in [1.165, 1.54) is 0 Å². The molecule has 0 atom stereocenters. The number of allylic oxidation sites excluding steroid dienone is 1. The smallest absolute Gasteiger partial charge is 0.0298 e. The number of nitrogens with zero attached hydrogens (tertiary/aromatic N) is 1. The van der Waals surface area contributed by atoms with Crippen molar-refractivity contribution in [2.45, 2.75) is 6.92 Å². The second kappa shape index (κ2) is 3.51. The van der Waals surface area contributed by atoms with Crippen molar-refractivity contribution in [3.05, 3.63) is 12.3 Å². The van der Waals surface area contributed by atoms with Crippen LogP contribution in [-0.2, 0) is 0 Å². The van der Waals surface area contributed by atoms with Gasteiger partial charge in [-0.25, -0.2) is 0 Å². The minimum absolute atomic E-state index is 1.13. The fraction of sp³-hybridized carbons (Fsp3) is 0.714. The summed E-state index contributed by atoms with van der Waals surface area (Å²) in [5.41, 5.74) is 0. The molecule has 1 aliphatic rings. The van der Waals surface area contributed by atoms with Gasteiger partial charge in [-0.1, -0.05) is 6.08 Å². The quantitative estimate of drug-likeness (QED) is 0.548. The molecule has 0 aromatic carbocycles. The van der Waals surface area contributed by atoms with E-state index < -0.39 is 0 Å². The molecule has 0 saturated carbocycles. The Labute approximate surface area is 56.5 Å². The van der Waals surface area contributed by atoms with Gasteiger partial charge in [-0.3, -0.25) is 0 Å². The molecule has 0 aliphatic carbocycles. The maximum atomic E-state index is 3.30. The fourth-order valence-corrected chi connectivity index (χ4v) is 1.04. The maximum absolute atomic E-state index is 3.30. The number of hydrogen-bond donors (Lipinski definition) is 1. The van der Waals surface area contributed by atoms with Crippen LogP contribution in [0.4, 0.5) is 0 Å². The highest BCUT2D eigenvalue weighted by Gasteiger charge is 2.02. The van der Waals surface area contributed by atoms with Crippen molar-refractivity contribution in [3.8, 4) is 0 Å². The summed E-state index contributed by atoms with van der Waals surface area (Å²) in [6, 6.07) is 0. The van der Waals surface area contributed by atoms with Crippen molar-refractivity contribution >= 4 is 0 Å². The van der Waals surface area contributed by atoms with Crippen LogP contribution in [0, 0.1) is 0 Å². The van der Waals surface area contributed by atoms with E-state index in [1.807, 2.05) is 0 Å². The summed E-state index contributed by atoms with van der Waals surface area (Å²) in [6.45, 7) is 6.63. The first kappa shape index (κ1) is 6.62. The number of rotatable bonds is 1. The lowest BCUT2D eigenvalue weighted by Gasteiger charge is -2.25. The molecule has 0 aromatic heterocycles. The summed E-state index contributed by atoms with van der Waals surface area (Å²) < 4.78 is 0. The normalized spacial score (nSPS) is 21.2. The Morgan fingerprint density at radius 3 is 2.56 bits per heavy atom. The predicted octanol–water partition coefficient (Wildman–Crippen LogP) is 0.425. The molecule has 0 amide bonds. The zero-order valence-electron chi connectivity index (χ0n) is 5.93. The first-order valence-electron chi connectivity index (χ1n) is 3.51. The van der Waals surface area contributed by atoms with Crippen LogP contribution in [0.5, 0.6) is 0 Å². The summed E-state index contributed by atoms with van der Waals surface area (Å²) in [4.78, 5) is 2.33. The van der Waals surface area contributed by atoms with E-state index in [2.05, 4.69) is 29.4 Å². The zero-order chi connectivity index (χ0) is 6.53.